The van der Waals surface area contributed by atoms with E-state index < -0.39 is 23.9 Å². The number of nitrogens with one attached hydrogen (secondary N) is 1. The highest BCUT2D eigenvalue weighted by Gasteiger charge is 2.46. The summed E-state index contributed by atoms with van der Waals surface area (Å²) < 4.78 is 19.8. The predicted molar refractivity (Wildman–Crippen MR) is 140 cm³/mol. The van der Waals surface area contributed by atoms with Crippen LogP contribution < -0.4 is 15.0 Å². The maximum Gasteiger partial charge on any atom is 0.332 e. The number of rotatable bonds is 10. The number of benzene rings is 3. The highest BCUT2D eigenvalue weighted by Crippen LogP contribution is 2.28. The van der Waals surface area contributed by atoms with Gasteiger partial charge in [0.25, 0.3) is 5.91 Å². The van der Waals surface area contributed by atoms with Crippen LogP contribution in [0.3, 0.4) is 0 Å². The fourth-order valence-electron chi connectivity index (χ4n) is 4.28. The second-order valence-electron chi connectivity index (χ2n) is 8.97. The van der Waals surface area contributed by atoms with E-state index in [0.29, 0.717) is 29.3 Å². The minimum Gasteiger partial charge on any atom is -0.494 e. The van der Waals surface area contributed by atoms with Crippen molar-refractivity contribution >= 4 is 29.2 Å². The van der Waals surface area contributed by atoms with Crippen molar-refractivity contribution in [2.75, 3.05) is 23.4 Å². The van der Waals surface area contributed by atoms with Gasteiger partial charge in [-0.3, -0.25) is 9.59 Å². The molecule has 1 N–H and O–H groups in total. The molecule has 3 aromatic rings. The van der Waals surface area contributed by atoms with Crippen LogP contribution in [0.15, 0.2) is 72.8 Å². The summed E-state index contributed by atoms with van der Waals surface area (Å²) in [4.78, 5) is 42.2. The number of halogens is 1. The van der Waals surface area contributed by atoms with Crippen LogP contribution in [0, 0.1) is 12.7 Å². The molecule has 0 radical (unpaired) electrons. The summed E-state index contributed by atoms with van der Waals surface area (Å²) in [5.41, 5.74) is 2.32. The third-order valence-corrected chi connectivity index (χ3v) is 6.15. The van der Waals surface area contributed by atoms with Gasteiger partial charge in [-0.05, 0) is 73.4 Å². The molecule has 0 saturated carbocycles. The Hall–Kier alpha value is -4.20. The number of aryl methyl sites for hydroxylation is 1. The molecule has 0 unspecified atom stereocenters. The number of carbonyl (C=O) groups excluding carboxylic acids is 3. The molecule has 4 amide bonds. The monoisotopic (exact) mass is 503 g/mol. The van der Waals surface area contributed by atoms with E-state index in [1.54, 1.807) is 60.7 Å². The van der Waals surface area contributed by atoms with Crippen LogP contribution in [0.2, 0.25) is 0 Å². The van der Waals surface area contributed by atoms with Crippen molar-refractivity contribution in [3.05, 3.63) is 89.7 Å². The van der Waals surface area contributed by atoms with E-state index in [9.17, 15) is 18.8 Å². The minimum absolute atomic E-state index is 0.0925. The Morgan fingerprint density at radius 1 is 1.03 bits per heavy atom. The van der Waals surface area contributed by atoms with E-state index >= 15 is 0 Å². The van der Waals surface area contributed by atoms with Gasteiger partial charge in [-0.1, -0.05) is 37.3 Å². The Bertz CT molecular complexity index is 1280. The molecular weight excluding hydrogens is 473 g/mol. The molecule has 1 fully saturated rings. The number of hydrogen-bond acceptors (Lipinski definition) is 4. The van der Waals surface area contributed by atoms with Crippen LogP contribution in [-0.2, 0) is 16.0 Å². The lowest BCUT2D eigenvalue weighted by atomic mass is 10.1. The van der Waals surface area contributed by atoms with E-state index in [2.05, 4.69) is 5.32 Å². The normalized spacial score (nSPS) is 15.3. The molecule has 1 aliphatic heterocycles. The Balaban J connectivity index is 1.52. The molecule has 0 spiro atoms. The SMILES string of the molecule is CCCOc1ccc(NC(=O)C[C@H]2C(=O)N(c3cccc(C)c3)C(=O)N2CCc2ccccc2F)cc1. The van der Waals surface area contributed by atoms with Gasteiger partial charge in [-0.25, -0.2) is 14.1 Å². The van der Waals surface area contributed by atoms with Gasteiger partial charge in [0.15, 0.2) is 0 Å². The van der Waals surface area contributed by atoms with Crippen molar-refractivity contribution in [3.8, 4) is 5.75 Å². The highest BCUT2D eigenvalue weighted by molar-refractivity contribution is 6.22. The zero-order chi connectivity index (χ0) is 26.4. The van der Waals surface area contributed by atoms with Crippen molar-refractivity contribution in [2.45, 2.75) is 39.2 Å². The lowest BCUT2D eigenvalue weighted by molar-refractivity contribution is -0.124. The molecule has 7 nitrogen and oxygen atoms in total. The summed E-state index contributed by atoms with van der Waals surface area (Å²) in [5.74, 6) is -0.570. The fourth-order valence-corrected chi connectivity index (χ4v) is 4.28. The van der Waals surface area contributed by atoms with Crippen LogP contribution in [0.25, 0.3) is 0 Å². The number of hydrogen-bond donors (Lipinski definition) is 1. The average Bonchev–Trinajstić information content (AvgIpc) is 3.11. The molecule has 1 atom stereocenters. The zero-order valence-electron chi connectivity index (χ0n) is 20.9. The van der Waals surface area contributed by atoms with Gasteiger partial charge in [0.05, 0.1) is 18.7 Å². The van der Waals surface area contributed by atoms with E-state index in [1.807, 2.05) is 19.9 Å². The molecule has 1 saturated heterocycles. The second kappa shape index (κ2) is 11.7. The molecule has 1 heterocycles. The van der Waals surface area contributed by atoms with E-state index in [4.69, 9.17) is 4.74 Å². The molecule has 37 heavy (non-hydrogen) atoms. The minimum atomic E-state index is -1.01. The van der Waals surface area contributed by atoms with Gasteiger partial charge < -0.3 is 15.0 Å². The average molecular weight is 504 g/mol. The van der Waals surface area contributed by atoms with Gasteiger partial charge in [0.2, 0.25) is 5.91 Å². The third kappa shape index (κ3) is 6.14. The van der Waals surface area contributed by atoms with E-state index in [1.165, 1.54) is 11.0 Å². The number of nitrogens with zero attached hydrogens (tertiary/aromatic N) is 2. The molecule has 0 aromatic heterocycles. The molecule has 0 aliphatic carbocycles. The van der Waals surface area contributed by atoms with E-state index in [-0.39, 0.29) is 25.2 Å². The van der Waals surface area contributed by atoms with E-state index in [0.717, 1.165) is 16.9 Å². The van der Waals surface area contributed by atoms with Crippen LogP contribution in [0.4, 0.5) is 20.6 Å². The fraction of sp³-hybridized carbons (Fsp3) is 0.276. The van der Waals surface area contributed by atoms with Crippen molar-refractivity contribution in [1.82, 2.24) is 4.90 Å². The lowest BCUT2D eigenvalue weighted by Gasteiger charge is -2.21. The number of urea groups is 1. The van der Waals surface area contributed by atoms with Gasteiger partial charge in [0.1, 0.15) is 17.6 Å². The highest BCUT2D eigenvalue weighted by atomic mass is 19.1. The summed E-state index contributed by atoms with van der Waals surface area (Å²) in [6.45, 7) is 4.58. The smallest absolute Gasteiger partial charge is 0.332 e. The van der Waals surface area contributed by atoms with Gasteiger partial charge in [-0.2, -0.15) is 0 Å². The number of carbonyl (C=O) groups is 3. The summed E-state index contributed by atoms with van der Waals surface area (Å²) in [6.07, 6.45) is 0.878. The Labute approximate surface area is 215 Å². The quantitative estimate of drug-likeness (QED) is 0.379. The Kier molecular flexibility index (Phi) is 8.18. The molecule has 1 aliphatic rings. The van der Waals surface area contributed by atoms with Crippen molar-refractivity contribution < 1.29 is 23.5 Å². The Morgan fingerprint density at radius 3 is 2.49 bits per heavy atom. The first-order valence-electron chi connectivity index (χ1n) is 12.3. The van der Waals surface area contributed by atoms with Crippen LogP contribution >= 0.6 is 0 Å². The van der Waals surface area contributed by atoms with Gasteiger partial charge in [-0.15, -0.1) is 0 Å². The standard InChI is InChI=1S/C29H30FN3O4/c1-3-17-37-24-13-11-22(12-14-24)31-27(34)19-26-28(35)33(23-9-6-7-20(2)18-23)29(36)32(26)16-15-21-8-4-5-10-25(21)30/h4-14,18,26H,3,15-17,19H2,1-2H3,(H,31,34)/t26-/m0/s1. The van der Waals surface area contributed by atoms with Crippen LogP contribution in [-0.4, -0.2) is 41.9 Å². The molecular formula is C29H30FN3O4. The number of ether oxygens (including phenoxy) is 1. The zero-order valence-corrected chi connectivity index (χ0v) is 20.9. The largest absolute Gasteiger partial charge is 0.494 e. The number of imide groups is 1. The number of anilines is 2. The molecule has 192 valence electrons. The summed E-state index contributed by atoms with van der Waals surface area (Å²) in [6, 6.07) is 18.8. The number of amides is 4. The summed E-state index contributed by atoms with van der Waals surface area (Å²) in [5, 5.41) is 2.79. The van der Waals surface area contributed by atoms with Crippen LogP contribution in [0.5, 0.6) is 5.75 Å². The first-order valence-corrected chi connectivity index (χ1v) is 12.3. The molecule has 4 rings (SSSR count). The van der Waals surface area contributed by atoms with Crippen molar-refractivity contribution in [1.29, 1.82) is 0 Å². The van der Waals surface area contributed by atoms with Crippen molar-refractivity contribution in [2.24, 2.45) is 0 Å². The topological polar surface area (TPSA) is 79.0 Å². The third-order valence-electron chi connectivity index (χ3n) is 6.15. The molecule has 8 heteroatoms. The van der Waals surface area contributed by atoms with Gasteiger partial charge >= 0.3 is 6.03 Å². The summed E-state index contributed by atoms with van der Waals surface area (Å²) in [7, 11) is 0. The maximum atomic E-state index is 14.2. The van der Waals surface area contributed by atoms with Gasteiger partial charge in [0, 0.05) is 12.2 Å². The van der Waals surface area contributed by atoms with Crippen LogP contribution in [0.1, 0.15) is 30.9 Å². The molecule has 0 bridgehead atoms. The Morgan fingerprint density at radius 2 is 1.78 bits per heavy atom. The first kappa shape index (κ1) is 25.9. The summed E-state index contributed by atoms with van der Waals surface area (Å²) >= 11 is 0. The maximum absolute atomic E-state index is 14.2. The first-order chi connectivity index (χ1) is 17.9. The second-order valence-corrected chi connectivity index (χ2v) is 8.97. The molecule has 3 aromatic carbocycles. The predicted octanol–water partition coefficient (Wildman–Crippen LogP) is 5.33. The lowest BCUT2D eigenvalue weighted by Crippen LogP contribution is -2.39. The van der Waals surface area contributed by atoms with Crippen molar-refractivity contribution in [3.63, 3.8) is 0 Å².